The highest BCUT2D eigenvalue weighted by molar-refractivity contribution is 7.89. The summed E-state index contributed by atoms with van der Waals surface area (Å²) >= 11 is 0. The number of amides is 1. The van der Waals surface area contributed by atoms with Gasteiger partial charge in [0.15, 0.2) is 0 Å². The predicted octanol–water partition coefficient (Wildman–Crippen LogP) is -0.0335. The number of aliphatic hydroxyl groups excluding tert-OH is 1. The van der Waals surface area contributed by atoms with Gasteiger partial charge in [0.05, 0.1) is 6.10 Å². The third kappa shape index (κ3) is 3.63. The molecular formula is C13H21N3O4S. The van der Waals surface area contributed by atoms with Gasteiger partial charge in [0.25, 0.3) is 5.91 Å². The minimum Gasteiger partial charge on any atom is -0.393 e. The minimum atomic E-state index is -3.65. The molecule has 7 nitrogen and oxygen atoms in total. The lowest BCUT2D eigenvalue weighted by atomic mass is 9.94. The van der Waals surface area contributed by atoms with Gasteiger partial charge in [0.2, 0.25) is 10.0 Å². The Balaban J connectivity index is 2.14. The molecule has 2 rings (SSSR count). The molecule has 21 heavy (non-hydrogen) atoms. The number of aromatic nitrogens is 1. The molecule has 0 saturated heterocycles. The molecule has 1 saturated carbocycles. The van der Waals surface area contributed by atoms with E-state index in [2.05, 4.69) is 10.0 Å². The molecule has 1 aromatic rings. The number of nitrogens with one attached hydrogen (secondary N) is 2. The van der Waals surface area contributed by atoms with Crippen LogP contribution in [0.25, 0.3) is 0 Å². The Kier molecular flexibility index (Phi) is 4.70. The Morgan fingerprint density at radius 3 is 2.52 bits per heavy atom. The molecule has 1 heterocycles. The number of hydrogen-bond acceptors (Lipinski definition) is 4. The van der Waals surface area contributed by atoms with Crippen LogP contribution in [0.3, 0.4) is 0 Å². The molecule has 1 amide bonds. The molecule has 3 N–H and O–H groups in total. The minimum absolute atomic E-state index is 0.0784. The zero-order chi connectivity index (χ0) is 15.6. The molecule has 0 radical (unpaired) electrons. The summed E-state index contributed by atoms with van der Waals surface area (Å²) in [6, 6.07) is 1.20. The van der Waals surface area contributed by atoms with E-state index in [0.29, 0.717) is 25.7 Å². The molecular weight excluding hydrogens is 294 g/mol. The number of sulfonamides is 1. The van der Waals surface area contributed by atoms with Gasteiger partial charge in [-0.1, -0.05) is 0 Å². The van der Waals surface area contributed by atoms with Gasteiger partial charge in [-0.15, -0.1) is 0 Å². The number of carbonyl (C=O) groups is 1. The Bertz CT molecular complexity index is 615. The summed E-state index contributed by atoms with van der Waals surface area (Å²) in [6.45, 7) is 0. The molecule has 118 valence electrons. The van der Waals surface area contributed by atoms with E-state index in [-0.39, 0.29) is 28.6 Å². The van der Waals surface area contributed by atoms with Gasteiger partial charge in [-0.05, 0) is 31.7 Å². The van der Waals surface area contributed by atoms with Crippen molar-refractivity contribution in [3.05, 3.63) is 18.0 Å². The van der Waals surface area contributed by atoms with Crippen molar-refractivity contribution in [1.29, 1.82) is 0 Å². The van der Waals surface area contributed by atoms with E-state index in [1.54, 1.807) is 7.05 Å². The quantitative estimate of drug-likeness (QED) is 0.726. The maximum atomic E-state index is 12.3. The number of carbonyl (C=O) groups excluding carboxylic acids is 1. The van der Waals surface area contributed by atoms with E-state index in [9.17, 15) is 18.3 Å². The van der Waals surface area contributed by atoms with Crippen molar-refractivity contribution in [3.63, 3.8) is 0 Å². The van der Waals surface area contributed by atoms with Gasteiger partial charge >= 0.3 is 0 Å². The van der Waals surface area contributed by atoms with Crippen LogP contribution in [-0.4, -0.2) is 43.2 Å². The van der Waals surface area contributed by atoms with Crippen LogP contribution in [0.5, 0.6) is 0 Å². The molecule has 0 aliphatic heterocycles. The smallest absolute Gasteiger partial charge is 0.267 e. The van der Waals surface area contributed by atoms with E-state index in [0.717, 1.165) is 0 Å². The molecule has 0 spiro atoms. The van der Waals surface area contributed by atoms with Crippen molar-refractivity contribution in [2.24, 2.45) is 7.05 Å². The average Bonchev–Trinajstić information content (AvgIpc) is 2.83. The number of aryl methyl sites for hydroxylation is 1. The Morgan fingerprint density at radius 2 is 1.95 bits per heavy atom. The summed E-state index contributed by atoms with van der Waals surface area (Å²) in [5.41, 5.74) is 0.289. The maximum Gasteiger partial charge on any atom is 0.267 e. The second-order valence-electron chi connectivity index (χ2n) is 5.38. The fourth-order valence-electron chi connectivity index (χ4n) is 2.52. The van der Waals surface area contributed by atoms with Crippen LogP contribution in [0, 0.1) is 0 Å². The number of hydrogen-bond donors (Lipinski definition) is 3. The van der Waals surface area contributed by atoms with Gasteiger partial charge in [-0.3, -0.25) is 4.79 Å². The first-order valence-corrected chi connectivity index (χ1v) is 8.40. The largest absolute Gasteiger partial charge is 0.393 e. The number of rotatable bonds is 4. The molecule has 0 bridgehead atoms. The Morgan fingerprint density at radius 1 is 1.33 bits per heavy atom. The van der Waals surface area contributed by atoms with Crippen LogP contribution in [0.15, 0.2) is 17.2 Å². The topological polar surface area (TPSA) is 100 Å². The van der Waals surface area contributed by atoms with Crippen molar-refractivity contribution in [2.45, 2.75) is 42.7 Å². The SMILES string of the molecule is CNC(=O)c1cc(S(=O)(=O)NC2CCC(O)CC2)cn1C. The van der Waals surface area contributed by atoms with Crippen LogP contribution in [-0.2, 0) is 17.1 Å². The lowest BCUT2D eigenvalue weighted by Gasteiger charge is -2.25. The van der Waals surface area contributed by atoms with E-state index in [1.165, 1.54) is 23.9 Å². The monoisotopic (exact) mass is 315 g/mol. The zero-order valence-corrected chi connectivity index (χ0v) is 13.0. The molecule has 8 heteroatoms. The lowest BCUT2D eigenvalue weighted by Crippen LogP contribution is -2.38. The lowest BCUT2D eigenvalue weighted by molar-refractivity contribution is 0.0955. The van der Waals surface area contributed by atoms with Crippen molar-refractivity contribution in [3.8, 4) is 0 Å². The van der Waals surface area contributed by atoms with Crippen LogP contribution >= 0.6 is 0 Å². The van der Waals surface area contributed by atoms with Crippen LogP contribution < -0.4 is 10.0 Å². The van der Waals surface area contributed by atoms with Crippen molar-refractivity contribution >= 4 is 15.9 Å². The first-order chi connectivity index (χ1) is 9.83. The average molecular weight is 315 g/mol. The molecule has 1 aliphatic carbocycles. The molecule has 0 unspecified atom stereocenters. The van der Waals surface area contributed by atoms with Crippen LogP contribution in [0.1, 0.15) is 36.2 Å². The predicted molar refractivity (Wildman–Crippen MR) is 77.4 cm³/mol. The van der Waals surface area contributed by atoms with Gasteiger partial charge in [0.1, 0.15) is 10.6 Å². The third-order valence-corrected chi connectivity index (χ3v) is 5.26. The van der Waals surface area contributed by atoms with Crippen molar-refractivity contribution < 1.29 is 18.3 Å². The maximum absolute atomic E-state index is 12.3. The summed E-state index contributed by atoms with van der Waals surface area (Å²) in [4.78, 5) is 11.7. The molecule has 1 aliphatic rings. The van der Waals surface area contributed by atoms with Crippen LogP contribution in [0.2, 0.25) is 0 Å². The van der Waals surface area contributed by atoms with Crippen molar-refractivity contribution in [1.82, 2.24) is 14.6 Å². The summed E-state index contributed by atoms with van der Waals surface area (Å²) in [6.07, 6.45) is 3.54. The van der Waals surface area contributed by atoms with Gasteiger partial charge < -0.3 is 15.0 Å². The highest BCUT2D eigenvalue weighted by Gasteiger charge is 2.26. The highest BCUT2D eigenvalue weighted by atomic mass is 32.2. The Hall–Kier alpha value is -1.38. The van der Waals surface area contributed by atoms with E-state index in [1.807, 2.05) is 0 Å². The van der Waals surface area contributed by atoms with E-state index in [4.69, 9.17) is 0 Å². The molecule has 1 fully saturated rings. The second kappa shape index (κ2) is 6.17. The zero-order valence-electron chi connectivity index (χ0n) is 12.2. The van der Waals surface area contributed by atoms with E-state index < -0.39 is 10.0 Å². The fraction of sp³-hybridized carbons (Fsp3) is 0.615. The summed E-state index contributed by atoms with van der Waals surface area (Å²) in [7, 11) is -0.533. The van der Waals surface area contributed by atoms with Gasteiger partial charge in [-0.2, -0.15) is 0 Å². The van der Waals surface area contributed by atoms with Crippen molar-refractivity contribution in [2.75, 3.05) is 7.05 Å². The highest BCUT2D eigenvalue weighted by Crippen LogP contribution is 2.21. The third-order valence-electron chi connectivity index (χ3n) is 3.77. The molecule has 1 aromatic heterocycles. The normalized spacial score (nSPS) is 23.0. The first kappa shape index (κ1) is 16.0. The first-order valence-electron chi connectivity index (χ1n) is 6.92. The summed E-state index contributed by atoms with van der Waals surface area (Å²) in [5.74, 6) is -0.334. The van der Waals surface area contributed by atoms with E-state index >= 15 is 0 Å². The standard InChI is InChI=1S/C13H21N3O4S/c1-14-13(18)12-7-11(8-16(12)2)21(19,20)15-9-3-5-10(17)6-4-9/h7-10,15,17H,3-6H2,1-2H3,(H,14,18). The molecule has 0 aromatic carbocycles. The summed E-state index contributed by atoms with van der Waals surface area (Å²) < 4.78 is 28.8. The fourth-order valence-corrected chi connectivity index (χ4v) is 3.89. The Labute approximate surface area is 124 Å². The number of aliphatic hydroxyl groups is 1. The van der Waals surface area contributed by atoms with Crippen LogP contribution in [0.4, 0.5) is 0 Å². The second-order valence-corrected chi connectivity index (χ2v) is 7.09. The molecule has 0 atom stereocenters. The number of nitrogens with zero attached hydrogens (tertiary/aromatic N) is 1. The summed E-state index contributed by atoms with van der Waals surface area (Å²) in [5, 5.41) is 11.9. The van der Waals surface area contributed by atoms with Gasteiger partial charge in [-0.25, -0.2) is 13.1 Å². The van der Waals surface area contributed by atoms with Gasteiger partial charge in [0, 0.05) is 26.3 Å².